The normalized spacial score (nSPS) is 19.3. The summed E-state index contributed by atoms with van der Waals surface area (Å²) in [5.74, 6) is 0.794. The van der Waals surface area contributed by atoms with Crippen LogP contribution in [0.4, 0.5) is 0 Å². The summed E-state index contributed by atoms with van der Waals surface area (Å²) in [4.78, 5) is 10.6. The first kappa shape index (κ1) is 10.2. The summed E-state index contributed by atoms with van der Waals surface area (Å²) in [6, 6.07) is 7.00. The smallest absolute Gasteiger partial charge is 0.155 e. The molecule has 1 aliphatic carbocycles. The van der Waals surface area contributed by atoms with Gasteiger partial charge in [-0.05, 0) is 37.5 Å². The standard InChI is InChI=1S/C12H14O3/c1-12(14,8-13)9-2-4-10(5-3-9)15-11-6-7-11/h2-5,8,11,14H,6-7H2,1H3. The lowest BCUT2D eigenvalue weighted by Crippen LogP contribution is -2.22. The molecule has 1 unspecified atom stereocenters. The molecule has 3 nitrogen and oxygen atoms in total. The molecule has 0 aromatic heterocycles. The number of benzene rings is 1. The van der Waals surface area contributed by atoms with Crippen LogP contribution in [-0.2, 0) is 10.4 Å². The largest absolute Gasteiger partial charge is 0.490 e. The van der Waals surface area contributed by atoms with E-state index in [9.17, 15) is 9.90 Å². The molecule has 0 amide bonds. The van der Waals surface area contributed by atoms with Crippen LogP contribution >= 0.6 is 0 Å². The molecule has 1 N–H and O–H groups in total. The van der Waals surface area contributed by atoms with Gasteiger partial charge in [-0.25, -0.2) is 0 Å². The van der Waals surface area contributed by atoms with Crippen LogP contribution in [0.5, 0.6) is 5.75 Å². The second-order valence-electron chi connectivity index (χ2n) is 4.11. The molecule has 0 heterocycles. The SMILES string of the molecule is CC(O)(C=O)c1ccc(OC2CC2)cc1. The van der Waals surface area contributed by atoms with Gasteiger partial charge >= 0.3 is 0 Å². The second kappa shape index (κ2) is 3.66. The first-order chi connectivity index (χ1) is 7.12. The fourth-order valence-electron chi connectivity index (χ4n) is 1.32. The fraction of sp³-hybridized carbons (Fsp3) is 0.417. The molecule has 0 saturated heterocycles. The lowest BCUT2D eigenvalue weighted by molar-refractivity contribution is -0.123. The van der Waals surface area contributed by atoms with Gasteiger partial charge < -0.3 is 9.84 Å². The van der Waals surface area contributed by atoms with E-state index in [2.05, 4.69) is 0 Å². The Balaban J connectivity index is 2.11. The van der Waals surface area contributed by atoms with Gasteiger partial charge in [0, 0.05) is 0 Å². The second-order valence-corrected chi connectivity index (χ2v) is 4.11. The maximum Gasteiger partial charge on any atom is 0.155 e. The van der Waals surface area contributed by atoms with Crippen LogP contribution in [0.25, 0.3) is 0 Å². The Morgan fingerprint density at radius 2 is 2.00 bits per heavy atom. The monoisotopic (exact) mass is 206 g/mol. The summed E-state index contributed by atoms with van der Waals surface area (Å²) in [7, 11) is 0. The minimum atomic E-state index is -1.40. The minimum absolute atomic E-state index is 0.363. The zero-order valence-corrected chi connectivity index (χ0v) is 8.64. The zero-order chi connectivity index (χ0) is 10.9. The Hall–Kier alpha value is -1.35. The number of rotatable bonds is 4. The predicted octanol–water partition coefficient (Wildman–Crippen LogP) is 1.63. The third-order valence-electron chi connectivity index (χ3n) is 2.50. The Labute approximate surface area is 88.7 Å². The Bertz CT molecular complexity index is 350. The maximum absolute atomic E-state index is 10.6. The van der Waals surface area contributed by atoms with Gasteiger partial charge in [-0.1, -0.05) is 12.1 Å². The molecule has 0 radical (unpaired) electrons. The molecule has 1 aliphatic rings. The molecule has 3 heteroatoms. The molecule has 1 saturated carbocycles. The molecule has 1 aromatic rings. The van der Waals surface area contributed by atoms with E-state index in [0.29, 0.717) is 18.0 Å². The highest BCUT2D eigenvalue weighted by atomic mass is 16.5. The van der Waals surface area contributed by atoms with E-state index < -0.39 is 5.60 Å². The highest BCUT2D eigenvalue weighted by Crippen LogP contribution is 2.28. The molecule has 0 aliphatic heterocycles. The van der Waals surface area contributed by atoms with Crippen molar-refractivity contribution < 1.29 is 14.6 Å². The van der Waals surface area contributed by atoms with Gasteiger partial charge in [-0.2, -0.15) is 0 Å². The number of ether oxygens (including phenoxy) is 1. The van der Waals surface area contributed by atoms with E-state index >= 15 is 0 Å². The van der Waals surface area contributed by atoms with Crippen molar-refractivity contribution in [3.8, 4) is 5.75 Å². The summed E-state index contributed by atoms with van der Waals surface area (Å²) >= 11 is 0. The summed E-state index contributed by atoms with van der Waals surface area (Å²) in [5.41, 5.74) is -0.821. The van der Waals surface area contributed by atoms with Crippen molar-refractivity contribution in [3.05, 3.63) is 29.8 Å². The number of hydrogen-bond donors (Lipinski definition) is 1. The minimum Gasteiger partial charge on any atom is -0.490 e. The zero-order valence-electron chi connectivity index (χ0n) is 8.64. The van der Waals surface area contributed by atoms with Crippen molar-refractivity contribution in [1.29, 1.82) is 0 Å². The van der Waals surface area contributed by atoms with E-state index in [1.54, 1.807) is 24.3 Å². The molecule has 0 spiro atoms. The van der Waals surface area contributed by atoms with Crippen LogP contribution in [0.2, 0.25) is 0 Å². The summed E-state index contributed by atoms with van der Waals surface area (Å²) in [5, 5.41) is 9.67. The van der Waals surface area contributed by atoms with Gasteiger partial charge in [-0.15, -0.1) is 0 Å². The Morgan fingerprint density at radius 1 is 1.40 bits per heavy atom. The Kier molecular flexibility index (Phi) is 2.49. The number of aliphatic hydroxyl groups is 1. The van der Waals surface area contributed by atoms with E-state index in [-0.39, 0.29) is 0 Å². The van der Waals surface area contributed by atoms with Crippen LogP contribution in [0.1, 0.15) is 25.3 Å². The molecular weight excluding hydrogens is 192 g/mol. The molecule has 0 bridgehead atoms. The van der Waals surface area contributed by atoms with Gasteiger partial charge in [-0.3, -0.25) is 4.79 Å². The van der Waals surface area contributed by atoms with Crippen molar-refractivity contribution in [2.45, 2.75) is 31.5 Å². The molecule has 2 rings (SSSR count). The lowest BCUT2D eigenvalue weighted by atomic mass is 9.98. The molecule has 15 heavy (non-hydrogen) atoms. The quantitative estimate of drug-likeness (QED) is 0.762. The highest BCUT2D eigenvalue weighted by molar-refractivity contribution is 5.65. The first-order valence-corrected chi connectivity index (χ1v) is 5.08. The number of carbonyl (C=O) groups excluding carboxylic acids is 1. The average Bonchev–Trinajstić information content (AvgIpc) is 3.03. The summed E-state index contributed by atoms with van der Waals surface area (Å²) < 4.78 is 5.56. The van der Waals surface area contributed by atoms with Gasteiger partial charge in [0.15, 0.2) is 6.29 Å². The van der Waals surface area contributed by atoms with E-state index in [1.807, 2.05) is 0 Å². The van der Waals surface area contributed by atoms with Crippen LogP contribution in [0, 0.1) is 0 Å². The topological polar surface area (TPSA) is 46.5 Å². The molecule has 1 atom stereocenters. The van der Waals surface area contributed by atoms with Gasteiger partial charge in [0.2, 0.25) is 0 Å². The predicted molar refractivity (Wildman–Crippen MR) is 55.7 cm³/mol. The van der Waals surface area contributed by atoms with Crippen molar-refractivity contribution in [1.82, 2.24) is 0 Å². The fourth-order valence-corrected chi connectivity index (χ4v) is 1.32. The van der Waals surface area contributed by atoms with Crippen LogP contribution in [0.15, 0.2) is 24.3 Å². The van der Waals surface area contributed by atoms with Crippen molar-refractivity contribution in [3.63, 3.8) is 0 Å². The summed E-state index contributed by atoms with van der Waals surface area (Å²) in [6.07, 6.45) is 3.13. The highest BCUT2D eigenvalue weighted by Gasteiger charge is 2.24. The van der Waals surface area contributed by atoms with Crippen molar-refractivity contribution in [2.24, 2.45) is 0 Å². The van der Waals surface area contributed by atoms with Gasteiger partial charge in [0.05, 0.1) is 6.10 Å². The van der Waals surface area contributed by atoms with Crippen molar-refractivity contribution in [2.75, 3.05) is 0 Å². The van der Waals surface area contributed by atoms with Gasteiger partial charge in [0.1, 0.15) is 11.4 Å². The number of carbonyl (C=O) groups is 1. The van der Waals surface area contributed by atoms with E-state index in [1.165, 1.54) is 6.92 Å². The van der Waals surface area contributed by atoms with Crippen LogP contribution in [-0.4, -0.2) is 17.5 Å². The van der Waals surface area contributed by atoms with E-state index in [0.717, 1.165) is 18.6 Å². The lowest BCUT2D eigenvalue weighted by Gasteiger charge is -2.16. The third-order valence-corrected chi connectivity index (χ3v) is 2.50. The molecule has 80 valence electrons. The van der Waals surface area contributed by atoms with Gasteiger partial charge in [0.25, 0.3) is 0 Å². The number of aldehydes is 1. The van der Waals surface area contributed by atoms with Crippen LogP contribution in [0.3, 0.4) is 0 Å². The maximum atomic E-state index is 10.6. The molecule has 1 aromatic carbocycles. The Morgan fingerprint density at radius 3 is 2.47 bits per heavy atom. The first-order valence-electron chi connectivity index (χ1n) is 5.08. The third kappa shape index (κ3) is 2.36. The van der Waals surface area contributed by atoms with E-state index in [4.69, 9.17) is 4.74 Å². The van der Waals surface area contributed by atoms with Crippen LogP contribution < -0.4 is 4.74 Å². The molecular formula is C12H14O3. The summed E-state index contributed by atoms with van der Waals surface area (Å²) in [6.45, 7) is 1.47. The molecule has 1 fully saturated rings. The average molecular weight is 206 g/mol. The number of hydrogen-bond acceptors (Lipinski definition) is 3. The van der Waals surface area contributed by atoms with Crippen molar-refractivity contribution >= 4 is 6.29 Å².